The van der Waals surface area contributed by atoms with Crippen LogP contribution in [-0.4, -0.2) is 20.7 Å². The number of rotatable bonds is 3. The fourth-order valence-corrected chi connectivity index (χ4v) is 1.64. The molecular weight excluding hydrogens is 238 g/mol. The third-order valence-electron chi connectivity index (χ3n) is 2.63. The van der Waals surface area contributed by atoms with Crippen molar-refractivity contribution in [2.75, 3.05) is 0 Å². The Labute approximate surface area is 104 Å². The number of aromatic nitrogens is 3. The molecule has 0 amide bonds. The van der Waals surface area contributed by atoms with E-state index in [1.807, 2.05) is 6.92 Å². The van der Waals surface area contributed by atoms with Crippen molar-refractivity contribution in [2.45, 2.75) is 25.6 Å². The average molecular weight is 250 g/mol. The van der Waals surface area contributed by atoms with Crippen molar-refractivity contribution in [3.63, 3.8) is 0 Å². The molecule has 88 valence electrons. The number of halogens is 1. The summed E-state index contributed by atoms with van der Waals surface area (Å²) in [5.74, 6) is 0. The number of nitrogens with two attached hydrogens (primary N) is 1. The van der Waals surface area contributed by atoms with Gasteiger partial charge in [0.05, 0.1) is 0 Å². The van der Waals surface area contributed by atoms with Gasteiger partial charge in [-0.3, -0.25) is 10.6 Å². The Kier molecular flexibility index (Phi) is 3.01. The van der Waals surface area contributed by atoms with E-state index in [0.29, 0.717) is 17.0 Å². The van der Waals surface area contributed by atoms with Crippen LogP contribution in [0.25, 0.3) is 15.9 Å². The Morgan fingerprint density at radius 3 is 2.82 bits per heavy atom. The molecule has 0 aliphatic rings. The number of hydrogen-bond acceptors (Lipinski definition) is 3. The van der Waals surface area contributed by atoms with Gasteiger partial charge in [0.15, 0.2) is 6.54 Å². The normalized spacial score (nSPS) is 14.5. The quantitative estimate of drug-likeness (QED) is 0.847. The van der Waals surface area contributed by atoms with Gasteiger partial charge < -0.3 is 0 Å². The number of hydrogen-bond donors (Lipinski definition) is 1. The zero-order valence-electron chi connectivity index (χ0n) is 9.39. The molecule has 1 aromatic heterocycles. The second kappa shape index (κ2) is 4.32. The first-order valence-corrected chi connectivity index (χ1v) is 5.62. The van der Waals surface area contributed by atoms with E-state index < -0.39 is 5.66 Å². The molecule has 5 nitrogen and oxygen atoms in total. The smallest absolute Gasteiger partial charge is 0.291 e. The average Bonchev–Trinajstić information content (AvgIpc) is 2.70. The molecule has 1 unspecified atom stereocenters. The van der Waals surface area contributed by atoms with Crippen molar-refractivity contribution in [1.29, 1.82) is 0 Å². The van der Waals surface area contributed by atoms with E-state index >= 15 is 0 Å². The molecule has 0 saturated heterocycles. The van der Waals surface area contributed by atoms with Crippen molar-refractivity contribution in [2.24, 2.45) is 5.73 Å². The Morgan fingerprint density at radius 1 is 1.47 bits per heavy atom. The van der Waals surface area contributed by atoms with Gasteiger partial charge in [-0.1, -0.05) is 18.5 Å². The van der Waals surface area contributed by atoms with Gasteiger partial charge in [0.25, 0.3) is 0 Å². The summed E-state index contributed by atoms with van der Waals surface area (Å²) in [7, 11) is 0. The summed E-state index contributed by atoms with van der Waals surface area (Å²) in [4.78, 5) is 4.88. The lowest BCUT2D eigenvalue weighted by Crippen LogP contribution is -2.40. The molecule has 0 saturated carbocycles. The van der Waals surface area contributed by atoms with Crippen LogP contribution in [0.3, 0.4) is 0 Å². The lowest BCUT2D eigenvalue weighted by atomic mass is 10.1. The lowest BCUT2D eigenvalue weighted by Gasteiger charge is -2.12. The van der Waals surface area contributed by atoms with E-state index in [-0.39, 0.29) is 6.54 Å². The molecule has 0 radical (unpaired) electrons. The van der Waals surface area contributed by atoms with Crippen LogP contribution >= 0.6 is 11.6 Å². The fourth-order valence-electron chi connectivity index (χ4n) is 1.47. The highest BCUT2D eigenvalue weighted by atomic mass is 35.5. The van der Waals surface area contributed by atoms with Crippen molar-refractivity contribution >= 4 is 22.6 Å². The summed E-state index contributed by atoms with van der Waals surface area (Å²) in [5, 5.41) is 9.13. The maximum atomic E-state index is 7.08. The third kappa shape index (κ3) is 2.38. The largest absolute Gasteiger partial charge is 0.304 e. The van der Waals surface area contributed by atoms with Crippen LogP contribution in [0.2, 0.25) is 5.02 Å². The van der Waals surface area contributed by atoms with Gasteiger partial charge in [-0.25, -0.2) is 6.57 Å². The van der Waals surface area contributed by atoms with Crippen LogP contribution in [0.5, 0.6) is 0 Å². The van der Waals surface area contributed by atoms with Crippen molar-refractivity contribution in [3.8, 4) is 0 Å². The van der Waals surface area contributed by atoms with E-state index in [0.717, 1.165) is 5.52 Å². The molecule has 1 aromatic carbocycles. The molecule has 0 spiro atoms. The second-order valence-electron chi connectivity index (χ2n) is 3.93. The summed E-state index contributed by atoms with van der Waals surface area (Å²) < 4.78 is 0. The SMILES string of the molecule is [C-]#[N+]C(N)(CC)Cn1nc2ccc(Cl)cc2n1. The minimum Gasteiger partial charge on any atom is -0.291 e. The predicted octanol–water partition coefficient (Wildman–Crippen LogP) is 2.07. The molecule has 2 N–H and O–H groups in total. The highest BCUT2D eigenvalue weighted by molar-refractivity contribution is 6.31. The minimum atomic E-state index is -0.946. The van der Waals surface area contributed by atoms with E-state index in [2.05, 4.69) is 15.0 Å². The first kappa shape index (κ1) is 11.8. The maximum Gasteiger partial charge on any atom is 0.304 e. The van der Waals surface area contributed by atoms with Gasteiger partial charge in [0, 0.05) is 11.4 Å². The molecule has 0 aliphatic heterocycles. The van der Waals surface area contributed by atoms with Crippen LogP contribution in [0.15, 0.2) is 18.2 Å². The van der Waals surface area contributed by atoms with E-state index in [9.17, 15) is 0 Å². The molecule has 1 atom stereocenters. The van der Waals surface area contributed by atoms with Crippen LogP contribution in [-0.2, 0) is 6.54 Å². The van der Waals surface area contributed by atoms with E-state index in [4.69, 9.17) is 23.9 Å². The molecule has 2 rings (SSSR count). The number of fused-ring (bicyclic) bond motifs is 1. The van der Waals surface area contributed by atoms with Gasteiger partial charge in [-0.2, -0.15) is 15.0 Å². The molecule has 0 fully saturated rings. The summed E-state index contributed by atoms with van der Waals surface area (Å²) in [6.07, 6.45) is 0.551. The van der Waals surface area contributed by atoms with Crippen molar-refractivity contribution < 1.29 is 0 Å². The Balaban J connectivity index is 2.35. The van der Waals surface area contributed by atoms with Crippen LogP contribution in [0.1, 0.15) is 13.3 Å². The van der Waals surface area contributed by atoms with Crippen molar-refractivity contribution in [3.05, 3.63) is 34.6 Å². The lowest BCUT2D eigenvalue weighted by molar-refractivity contribution is 0.377. The monoisotopic (exact) mass is 249 g/mol. The topological polar surface area (TPSA) is 61.1 Å². The summed E-state index contributed by atoms with van der Waals surface area (Å²) >= 11 is 5.87. The molecule has 0 bridgehead atoms. The molecular formula is C11H12ClN5. The van der Waals surface area contributed by atoms with Gasteiger partial charge in [-0.05, 0) is 18.2 Å². The van der Waals surface area contributed by atoms with Crippen LogP contribution in [0, 0.1) is 6.57 Å². The summed E-state index contributed by atoms with van der Waals surface area (Å²) in [5.41, 5.74) is 6.41. The molecule has 1 heterocycles. The first-order chi connectivity index (χ1) is 8.06. The van der Waals surface area contributed by atoms with Crippen LogP contribution in [0.4, 0.5) is 0 Å². The zero-order chi connectivity index (χ0) is 12.5. The summed E-state index contributed by atoms with van der Waals surface area (Å²) in [6.45, 7) is 9.23. The van der Waals surface area contributed by atoms with Crippen molar-refractivity contribution in [1.82, 2.24) is 15.0 Å². The third-order valence-corrected chi connectivity index (χ3v) is 2.87. The Hall–Kier alpha value is -1.64. The Morgan fingerprint density at radius 2 is 2.18 bits per heavy atom. The Bertz CT molecular complexity index is 585. The predicted molar refractivity (Wildman–Crippen MR) is 66.3 cm³/mol. The number of benzene rings is 1. The molecule has 2 aromatic rings. The summed E-state index contributed by atoms with van der Waals surface area (Å²) in [6, 6.07) is 5.29. The van der Waals surface area contributed by atoms with Crippen LogP contribution < -0.4 is 5.73 Å². The van der Waals surface area contributed by atoms with Gasteiger partial charge >= 0.3 is 5.66 Å². The fraction of sp³-hybridized carbons (Fsp3) is 0.364. The van der Waals surface area contributed by atoms with E-state index in [1.54, 1.807) is 18.2 Å². The molecule has 0 aliphatic carbocycles. The maximum absolute atomic E-state index is 7.08. The second-order valence-corrected chi connectivity index (χ2v) is 4.37. The first-order valence-electron chi connectivity index (χ1n) is 5.24. The molecule has 17 heavy (non-hydrogen) atoms. The standard InChI is InChI=1S/C11H12ClN5/c1-3-11(13,14-2)7-17-15-9-5-4-8(12)6-10(9)16-17/h4-6H,3,7,13H2,1H3. The van der Waals surface area contributed by atoms with Gasteiger partial charge in [0.2, 0.25) is 0 Å². The highest BCUT2D eigenvalue weighted by Gasteiger charge is 2.30. The molecule has 6 heteroatoms. The van der Waals surface area contributed by atoms with Gasteiger partial charge in [-0.15, -0.1) is 0 Å². The zero-order valence-corrected chi connectivity index (χ0v) is 10.1. The number of nitrogens with zero attached hydrogens (tertiary/aromatic N) is 4. The highest BCUT2D eigenvalue weighted by Crippen LogP contribution is 2.17. The minimum absolute atomic E-state index is 0.277. The van der Waals surface area contributed by atoms with Gasteiger partial charge in [0.1, 0.15) is 11.0 Å². The van der Waals surface area contributed by atoms with E-state index in [1.165, 1.54) is 4.80 Å².